The Balaban J connectivity index is 2.63. The van der Waals surface area contributed by atoms with Gasteiger partial charge in [-0.25, -0.2) is 4.79 Å². The van der Waals surface area contributed by atoms with Crippen molar-refractivity contribution in [2.75, 3.05) is 0 Å². The van der Waals surface area contributed by atoms with Crippen molar-refractivity contribution in [2.45, 2.75) is 6.92 Å². The lowest BCUT2D eigenvalue weighted by molar-refractivity contribution is 0.111. The van der Waals surface area contributed by atoms with Crippen molar-refractivity contribution in [3.63, 3.8) is 0 Å². The molecule has 2 aromatic rings. The van der Waals surface area contributed by atoms with Gasteiger partial charge < -0.3 is 14.5 Å². The van der Waals surface area contributed by atoms with Gasteiger partial charge in [-0.2, -0.15) is 0 Å². The Labute approximate surface area is 85.8 Å². The number of hydrogen-bond donors (Lipinski definition) is 2. The summed E-state index contributed by atoms with van der Waals surface area (Å²) in [4.78, 5) is 27.1. The molecule has 0 aliphatic rings. The van der Waals surface area contributed by atoms with Crippen molar-refractivity contribution >= 4 is 6.29 Å². The van der Waals surface area contributed by atoms with Gasteiger partial charge in [0.15, 0.2) is 6.29 Å². The molecule has 0 radical (unpaired) electrons. The maximum atomic E-state index is 11.1. The molecule has 2 heterocycles. The molecule has 0 aliphatic heterocycles. The van der Waals surface area contributed by atoms with E-state index in [0.717, 1.165) is 23.4 Å². The minimum Gasteiger partial charge on any atom is -0.340 e. The molecule has 5 heteroatoms. The van der Waals surface area contributed by atoms with Crippen molar-refractivity contribution in [1.82, 2.24) is 14.5 Å². The van der Waals surface area contributed by atoms with Crippen LogP contribution in [0.25, 0.3) is 11.4 Å². The summed E-state index contributed by atoms with van der Waals surface area (Å²) in [6, 6.07) is 3.52. The first-order valence-corrected chi connectivity index (χ1v) is 4.53. The van der Waals surface area contributed by atoms with Gasteiger partial charge in [0.1, 0.15) is 0 Å². The van der Waals surface area contributed by atoms with Gasteiger partial charge in [-0.1, -0.05) is 0 Å². The van der Waals surface area contributed by atoms with Crippen LogP contribution in [0, 0.1) is 6.92 Å². The van der Waals surface area contributed by atoms with Crippen molar-refractivity contribution in [2.24, 2.45) is 7.05 Å². The maximum absolute atomic E-state index is 11.1. The molecule has 0 bridgehead atoms. The van der Waals surface area contributed by atoms with E-state index in [2.05, 4.69) is 9.97 Å². The Morgan fingerprint density at radius 3 is 2.53 bits per heavy atom. The number of aromatic nitrogens is 3. The van der Waals surface area contributed by atoms with Crippen LogP contribution in [-0.2, 0) is 7.05 Å². The number of aromatic amines is 2. The molecule has 2 N–H and O–H groups in total. The zero-order valence-electron chi connectivity index (χ0n) is 8.50. The first-order valence-electron chi connectivity index (χ1n) is 4.53. The van der Waals surface area contributed by atoms with E-state index < -0.39 is 0 Å². The molecule has 0 atom stereocenters. The van der Waals surface area contributed by atoms with Gasteiger partial charge in [-0.15, -0.1) is 0 Å². The lowest BCUT2D eigenvalue weighted by Gasteiger charge is -2.02. The van der Waals surface area contributed by atoms with Crippen molar-refractivity contribution in [1.29, 1.82) is 0 Å². The van der Waals surface area contributed by atoms with E-state index >= 15 is 0 Å². The fraction of sp³-hybridized carbons (Fsp3) is 0.200. The Morgan fingerprint density at radius 1 is 1.33 bits per heavy atom. The minimum absolute atomic E-state index is 0.239. The Bertz CT molecular complexity index is 559. The van der Waals surface area contributed by atoms with E-state index in [0.29, 0.717) is 5.69 Å². The number of H-pyrrole nitrogens is 2. The molecule has 0 aliphatic carbocycles. The molecule has 0 amide bonds. The van der Waals surface area contributed by atoms with Crippen LogP contribution in [0.3, 0.4) is 0 Å². The SMILES string of the molecule is Cc1[nH]c(=O)[nH]c1-c1ccc(C=O)n1C. The predicted molar refractivity (Wildman–Crippen MR) is 55.9 cm³/mol. The van der Waals surface area contributed by atoms with E-state index in [1.165, 1.54) is 0 Å². The highest BCUT2D eigenvalue weighted by Crippen LogP contribution is 2.19. The first-order chi connectivity index (χ1) is 7.13. The summed E-state index contributed by atoms with van der Waals surface area (Å²) in [6.45, 7) is 1.81. The fourth-order valence-corrected chi connectivity index (χ4v) is 1.62. The van der Waals surface area contributed by atoms with Gasteiger partial charge in [0.25, 0.3) is 0 Å². The molecule has 0 unspecified atom stereocenters. The second kappa shape index (κ2) is 3.27. The van der Waals surface area contributed by atoms with Gasteiger partial charge in [-0.3, -0.25) is 4.79 Å². The van der Waals surface area contributed by atoms with Crippen LogP contribution in [0.4, 0.5) is 0 Å². The van der Waals surface area contributed by atoms with E-state index in [9.17, 15) is 9.59 Å². The molecule has 2 aromatic heterocycles. The van der Waals surface area contributed by atoms with Crippen molar-refractivity contribution in [3.8, 4) is 11.4 Å². The van der Waals surface area contributed by atoms with E-state index in [4.69, 9.17) is 0 Å². The fourth-order valence-electron chi connectivity index (χ4n) is 1.62. The van der Waals surface area contributed by atoms with Gasteiger partial charge >= 0.3 is 5.69 Å². The molecule has 0 spiro atoms. The lowest BCUT2D eigenvalue weighted by atomic mass is 10.2. The summed E-state index contributed by atoms with van der Waals surface area (Å²) in [5.74, 6) is 0. The highest BCUT2D eigenvalue weighted by Gasteiger charge is 2.10. The third-order valence-corrected chi connectivity index (χ3v) is 2.45. The highest BCUT2D eigenvalue weighted by atomic mass is 16.1. The van der Waals surface area contributed by atoms with Gasteiger partial charge in [0.05, 0.1) is 17.1 Å². The standard InChI is InChI=1S/C10H11N3O2/c1-6-9(12-10(15)11-6)8-4-3-7(5-14)13(8)2/h3-5H,1-2H3,(H2,11,12,15). The quantitative estimate of drug-likeness (QED) is 0.713. The number of aryl methyl sites for hydroxylation is 1. The molecule has 0 fully saturated rings. The number of carbonyl (C=O) groups excluding carboxylic acids is 1. The van der Waals surface area contributed by atoms with Gasteiger partial charge in [0.2, 0.25) is 0 Å². The van der Waals surface area contributed by atoms with Crippen LogP contribution >= 0.6 is 0 Å². The number of imidazole rings is 1. The van der Waals surface area contributed by atoms with Crippen LogP contribution in [0.15, 0.2) is 16.9 Å². The maximum Gasteiger partial charge on any atom is 0.323 e. The third kappa shape index (κ3) is 1.41. The minimum atomic E-state index is -0.239. The summed E-state index contributed by atoms with van der Waals surface area (Å²) in [7, 11) is 1.78. The number of carbonyl (C=O) groups is 1. The number of nitrogens with zero attached hydrogens (tertiary/aromatic N) is 1. The lowest BCUT2D eigenvalue weighted by Crippen LogP contribution is -2.01. The summed E-state index contributed by atoms with van der Waals surface area (Å²) in [5.41, 5.74) is 2.63. The van der Waals surface area contributed by atoms with E-state index in [1.807, 2.05) is 0 Å². The summed E-state index contributed by atoms with van der Waals surface area (Å²) in [5, 5.41) is 0. The van der Waals surface area contributed by atoms with Crippen LogP contribution in [0.5, 0.6) is 0 Å². The first kappa shape index (κ1) is 9.51. The number of hydrogen-bond acceptors (Lipinski definition) is 2. The molecular weight excluding hydrogens is 194 g/mol. The molecule has 0 saturated heterocycles. The van der Waals surface area contributed by atoms with E-state index in [-0.39, 0.29) is 5.69 Å². The van der Waals surface area contributed by atoms with Crippen LogP contribution in [-0.4, -0.2) is 20.8 Å². The molecule has 0 saturated carbocycles. The zero-order valence-corrected chi connectivity index (χ0v) is 8.50. The normalized spacial score (nSPS) is 10.5. The molecule has 2 rings (SSSR count). The number of nitrogens with one attached hydrogen (secondary N) is 2. The topological polar surface area (TPSA) is 70.7 Å². The molecule has 0 aromatic carbocycles. The second-order valence-electron chi connectivity index (χ2n) is 3.40. The Kier molecular flexibility index (Phi) is 2.07. The Hall–Kier alpha value is -2.04. The van der Waals surface area contributed by atoms with Gasteiger partial charge in [-0.05, 0) is 19.1 Å². The molecule has 5 nitrogen and oxygen atoms in total. The average molecular weight is 205 g/mol. The smallest absolute Gasteiger partial charge is 0.323 e. The van der Waals surface area contributed by atoms with Crippen LogP contribution < -0.4 is 5.69 Å². The molecule has 78 valence electrons. The van der Waals surface area contributed by atoms with Crippen molar-refractivity contribution in [3.05, 3.63) is 34.0 Å². The second-order valence-corrected chi connectivity index (χ2v) is 3.40. The third-order valence-electron chi connectivity index (χ3n) is 2.45. The molecule has 15 heavy (non-hydrogen) atoms. The highest BCUT2D eigenvalue weighted by molar-refractivity contribution is 5.75. The van der Waals surface area contributed by atoms with Crippen LogP contribution in [0.1, 0.15) is 16.2 Å². The largest absolute Gasteiger partial charge is 0.340 e. The average Bonchev–Trinajstić information content (AvgIpc) is 2.69. The van der Waals surface area contributed by atoms with Gasteiger partial charge in [0, 0.05) is 12.7 Å². The zero-order chi connectivity index (χ0) is 11.0. The monoisotopic (exact) mass is 205 g/mol. The summed E-state index contributed by atoms with van der Waals surface area (Å²) >= 11 is 0. The van der Waals surface area contributed by atoms with Crippen molar-refractivity contribution < 1.29 is 4.79 Å². The summed E-state index contributed by atoms with van der Waals surface area (Å²) in [6.07, 6.45) is 0.781. The van der Waals surface area contributed by atoms with E-state index in [1.54, 1.807) is 30.7 Å². The number of aldehydes is 1. The molecular formula is C10H11N3O2. The van der Waals surface area contributed by atoms with Crippen LogP contribution in [0.2, 0.25) is 0 Å². The number of rotatable bonds is 2. The predicted octanol–water partition coefficient (Wildman–Crippen LogP) is 0.829. The summed E-state index contributed by atoms with van der Waals surface area (Å²) < 4.78 is 1.74. The Morgan fingerprint density at radius 2 is 2.07 bits per heavy atom.